The summed E-state index contributed by atoms with van der Waals surface area (Å²) in [7, 11) is 0. The molecule has 1 aromatic rings. The van der Waals surface area contributed by atoms with Gasteiger partial charge in [0.15, 0.2) is 11.6 Å². The van der Waals surface area contributed by atoms with Crippen LogP contribution in [0.4, 0.5) is 8.78 Å². The maximum absolute atomic E-state index is 14.0. The van der Waals surface area contributed by atoms with Crippen LogP contribution in [-0.2, 0) is 9.53 Å². The number of rotatable bonds is 5. The van der Waals surface area contributed by atoms with E-state index in [2.05, 4.69) is 0 Å². The number of ether oxygens (including phenoxy) is 1. The summed E-state index contributed by atoms with van der Waals surface area (Å²) in [5.74, 6) is -1.00. The van der Waals surface area contributed by atoms with Crippen LogP contribution in [0.25, 0.3) is 0 Å². The molecule has 2 saturated carbocycles. The van der Waals surface area contributed by atoms with Gasteiger partial charge in [0, 0.05) is 18.5 Å². The first-order valence-electron chi connectivity index (χ1n) is 10.7. The van der Waals surface area contributed by atoms with E-state index < -0.39 is 11.6 Å². The van der Waals surface area contributed by atoms with Crippen molar-refractivity contribution in [2.45, 2.75) is 75.5 Å². The number of likely N-dealkylation sites (tertiary alicyclic amines) is 1. The molecule has 1 saturated heterocycles. The zero-order valence-electron chi connectivity index (χ0n) is 16.3. The molecule has 2 atom stereocenters. The lowest BCUT2D eigenvalue weighted by molar-refractivity contribution is -0.139. The van der Waals surface area contributed by atoms with Gasteiger partial charge in [0.25, 0.3) is 0 Å². The van der Waals surface area contributed by atoms with E-state index in [1.54, 1.807) is 12.1 Å². The quantitative estimate of drug-likeness (QED) is 0.831. The molecule has 6 heteroatoms. The molecule has 0 aromatic heterocycles. The topological polar surface area (TPSA) is 55.6 Å². The fraction of sp³-hybridized carbons (Fsp3) is 0.682. The number of hydrogen-bond acceptors (Lipinski definition) is 3. The van der Waals surface area contributed by atoms with Crippen LogP contribution < -0.4 is 5.73 Å². The Labute approximate surface area is 165 Å². The van der Waals surface area contributed by atoms with Crippen LogP contribution in [0.5, 0.6) is 0 Å². The van der Waals surface area contributed by atoms with Gasteiger partial charge in [0.2, 0.25) is 5.91 Å². The molecule has 4 rings (SSSR count). The highest BCUT2D eigenvalue weighted by atomic mass is 19.2. The maximum Gasteiger partial charge on any atom is 0.226 e. The van der Waals surface area contributed by atoms with E-state index in [1.165, 1.54) is 0 Å². The Kier molecular flexibility index (Phi) is 5.97. The second-order valence-corrected chi connectivity index (χ2v) is 8.63. The lowest BCUT2D eigenvalue weighted by Crippen LogP contribution is -2.57. The molecule has 1 heterocycles. The summed E-state index contributed by atoms with van der Waals surface area (Å²) in [5, 5.41) is 0. The molecular weight excluding hydrogens is 362 g/mol. The molecule has 0 unspecified atom stereocenters. The second kappa shape index (κ2) is 8.46. The number of carbonyl (C=O) groups is 1. The molecule has 1 aliphatic heterocycles. The zero-order chi connectivity index (χ0) is 19.7. The van der Waals surface area contributed by atoms with E-state index in [1.807, 2.05) is 4.90 Å². The van der Waals surface area contributed by atoms with Crippen LogP contribution in [-0.4, -0.2) is 42.1 Å². The smallest absolute Gasteiger partial charge is 0.226 e. The lowest BCUT2D eigenvalue weighted by atomic mass is 9.82. The van der Waals surface area contributed by atoms with E-state index in [0.29, 0.717) is 12.2 Å². The Morgan fingerprint density at radius 3 is 2.57 bits per heavy atom. The van der Waals surface area contributed by atoms with Gasteiger partial charge in [-0.3, -0.25) is 4.79 Å². The first-order chi connectivity index (χ1) is 13.5. The molecule has 1 aromatic carbocycles. The summed E-state index contributed by atoms with van der Waals surface area (Å²) < 4.78 is 33.7. The van der Waals surface area contributed by atoms with Gasteiger partial charge >= 0.3 is 0 Å². The molecule has 0 bridgehead atoms. The minimum absolute atomic E-state index is 0.0332. The maximum atomic E-state index is 14.0. The molecule has 154 valence electrons. The van der Waals surface area contributed by atoms with Crippen LogP contribution in [0.3, 0.4) is 0 Å². The third-order valence-electron chi connectivity index (χ3n) is 6.64. The minimum Gasteiger partial charge on any atom is -0.376 e. The van der Waals surface area contributed by atoms with E-state index in [-0.39, 0.29) is 35.9 Å². The van der Waals surface area contributed by atoms with E-state index in [9.17, 15) is 13.6 Å². The Morgan fingerprint density at radius 2 is 1.86 bits per heavy atom. The Balaban J connectivity index is 1.30. The predicted molar refractivity (Wildman–Crippen MR) is 103 cm³/mol. The normalized spacial score (nSPS) is 31.0. The summed E-state index contributed by atoms with van der Waals surface area (Å²) in [4.78, 5) is 14.5. The first-order valence-corrected chi connectivity index (χ1v) is 10.7. The number of nitrogens with two attached hydrogens (primary N) is 1. The van der Waals surface area contributed by atoms with E-state index in [4.69, 9.17) is 10.5 Å². The largest absolute Gasteiger partial charge is 0.376 e. The predicted octanol–water partition coefficient (Wildman–Crippen LogP) is 3.74. The lowest BCUT2D eigenvalue weighted by Gasteiger charge is -2.41. The first kappa shape index (κ1) is 19.8. The van der Waals surface area contributed by atoms with Gasteiger partial charge in [-0.1, -0.05) is 12.1 Å². The Morgan fingerprint density at radius 1 is 1.11 bits per heavy atom. The summed E-state index contributed by atoms with van der Waals surface area (Å²) in [6, 6.07) is 4.35. The monoisotopic (exact) mass is 392 g/mol. The van der Waals surface area contributed by atoms with Crippen LogP contribution in [0, 0.1) is 17.6 Å². The number of hydrogen-bond donors (Lipinski definition) is 1. The number of piperidine rings is 1. The van der Waals surface area contributed by atoms with Gasteiger partial charge in [-0.25, -0.2) is 8.78 Å². The molecule has 0 spiro atoms. The van der Waals surface area contributed by atoms with Crippen molar-refractivity contribution in [2.24, 2.45) is 11.7 Å². The molecule has 2 aliphatic carbocycles. The Hall–Kier alpha value is -1.53. The fourth-order valence-corrected chi connectivity index (χ4v) is 4.75. The number of nitrogens with zero attached hydrogens (tertiary/aromatic N) is 1. The van der Waals surface area contributed by atoms with Crippen LogP contribution in [0.15, 0.2) is 18.2 Å². The third kappa shape index (κ3) is 4.23. The molecule has 2 N–H and O–H groups in total. The van der Waals surface area contributed by atoms with Gasteiger partial charge in [-0.15, -0.1) is 0 Å². The minimum atomic E-state index is -0.775. The van der Waals surface area contributed by atoms with Gasteiger partial charge in [0.1, 0.15) is 0 Å². The average molecular weight is 392 g/mol. The van der Waals surface area contributed by atoms with Gasteiger partial charge in [-0.05, 0) is 68.9 Å². The number of carbonyl (C=O) groups excluding carboxylic acids is 1. The summed E-state index contributed by atoms with van der Waals surface area (Å²) >= 11 is 0. The Bertz CT molecular complexity index is 702. The SMILES string of the molecule is N[C@H]1CCCN(C(=O)C2CC2)[C@H]1COC1CCC(c2cccc(F)c2F)CC1. The van der Waals surface area contributed by atoms with Crippen LogP contribution in [0.2, 0.25) is 0 Å². The van der Waals surface area contributed by atoms with Crippen molar-refractivity contribution in [1.29, 1.82) is 0 Å². The van der Waals surface area contributed by atoms with Crippen molar-refractivity contribution in [3.63, 3.8) is 0 Å². The zero-order valence-corrected chi connectivity index (χ0v) is 16.3. The summed E-state index contributed by atoms with van der Waals surface area (Å²) in [6.45, 7) is 1.26. The molecule has 3 aliphatic rings. The van der Waals surface area contributed by atoms with Crippen LogP contribution in [0.1, 0.15) is 62.8 Å². The molecule has 3 fully saturated rings. The number of halogens is 2. The van der Waals surface area contributed by atoms with E-state index >= 15 is 0 Å². The number of benzene rings is 1. The molecular formula is C22H30F2N2O2. The van der Waals surface area contributed by atoms with Crippen molar-refractivity contribution in [3.05, 3.63) is 35.4 Å². The molecule has 28 heavy (non-hydrogen) atoms. The van der Waals surface area contributed by atoms with Crippen molar-refractivity contribution >= 4 is 5.91 Å². The highest BCUT2D eigenvalue weighted by Gasteiger charge is 2.40. The summed E-state index contributed by atoms with van der Waals surface area (Å²) in [6.07, 6.45) is 7.18. The van der Waals surface area contributed by atoms with Crippen molar-refractivity contribution < 1.29 is 18.3 Å². The van der Waals surface area contributed by atoms with Crippen LogP contribution >= 0.6 is 0 Å². The van der Waals surface area contributed by atoms with E-state index in [0.717, 1.165) is 64.0 Å². The van der Waals surface area contributed by atoms with Crippen molar-refractivity contribution in [3.8, 4) is 0 Å². The second-order valence-electron chi connectivity index (χ2n) is 8.63. The standard InChI is InChI=1S/C22H30F2N2O2/c23-18-4-1-3-17(21(18)24)14-8-10-16(11-9-14)28-13-20-19(25)5-2-12-26(20)22(27)15-6-7-15/h1,3-4,14-16,19-20H,2,5-13,25H2/t14?,16?,19-,20-/m0/s1. The van der Waals surface area contributed by atoms with Gasteiger partial charge in [-0.2, -0.15) is 0 Å². The van der Waals surface area contributed by atoms with Gasteiger partial charge < -0.3 is 15.4 Å². The average Bonchev–Trinajstić information content (AvgIpc) is 3.54. The highest BCUT2D eigenvalue weighted by Crippen LogP contribution is 2.36. The molecule has 1 amide bonds. The molecule has 4 nitrogen and oxygen atoms in total. The fourth-order valence-electron chi connectivity index (χ4n) is 4.75. The van der Waals surface area contributed by atoms with Gasteiger partial charge in [0.05, 0.1) is 18.8 Å². The third-order valence-corrected chi connectivity index (χ3v) is 6.64. The van der Waals surface area contributed by atoms with Crippen molar-refractivity contribution in [1.82, 2.24) is 4.90 Å². The summed E-state index contributed by atoms with van der Waals surface area (Å²) in [5.41, 5.74) is 6.80. The molecule has 0 radical (unpaired) electrons. The highest BCUT2D eigenvalue weighted by molar-refractivity contribution is 5.81. The number of amides is 1. The van der Waals surface area contributed by atoms with Crippen molar-refractivity contribution in [2.75, 3.05) is 13.2 Å².